The van der Waals surface area contributed by atoms with E-state index in [2.05, 4.69) is 30.7 Å². The fourth-order valence-corrected chi connectivity index (χ4v) is 2.60. The molecule has 1 aromatic carbocycles. The monoisotopic (exact) mass is 261 g/mol. The van der Waals surface area contributed by atoms with Gasteiger partial charge in [0.1, 0.15) is 12.8 Å². The molecule has 0 saturated heterocycles. The lowest BCUT2D eigenvalue weighted by molar-refractivity contribution is -0.403. The number of methoxy groups -OCH3 is 1. The van der Waals surface area contributed by atoms with E-state index in [1.807, 2.05) is 19.2 Å². The Labute approximate surface area is 114 Å². The van der Waals surface area contributed by atoms with Crippen molar-refractivity contribution in [1.82, 2.24) is 0 Å². The van der Waals surface area contributed by atoms with Crippen molar-refractivity contribution in [2.75, 3.05) is 19.5 Å². The van der Waals surface area contributed by atoms with Crippen molar-refractivity contribution in [3.8, 4) is 5.75 Å². The van der Waals surface area contributed by atoms with Crippen molar-refractivity contribution >= 4 is 23.0 Å². The Hall–Kier alpha value is -1.84. The van der Waals surface area contributed by atoms with Gasteiger partial charge in [0, 0.05) is 25.5 Å². The summed E-state index contributed by atoms with van der Waals surface area (Å²) in [6.07, 6.45) is 0. The number of hydrogen-bond donors (Lipinski definition) is 1. The van der Waals surface area contributed by atoms with Crippen LogP contribution in [-0.4, -0.2) is 30.4 Å². The third-order valence-corrected chi connectivity index (χ3v) is 4.07. The van der Waals surface area contributed by atoms with E-state index in [-0.39, 0.29) is 11.3 Å². The molecule has 1 aromatic rings. The number of amides is 1. The Morgan fingerprint density at radius 1 is 1.37 bits per heavy atom. The molecule has 0 bridgehead atoms. The molecule has 19 heavy (non-hydrogen) atoms. The molecule has 102 valence electrons. The SMILES string of the molecule is COc1cc2c(cc1NC(C)=O)[N+](C)=C(C)C2(C)C. The van der Waals surface area contributed by atoms with Gasteiger partial charge in [0.15, 0.2) is 5.71 Å². The van der Waals surface area contributed by atoms with Crippen LogP contribution in [0.2, 0.25) is 0 Å². The molecule has 1 aliphatic rings. The Kier molecular flexibility index (Phi) is 3.12. The van der Waals surface area contributed by atoms with Gasteiger partial charge in [-0.1, -0.05) is 0 Å². The van der Waals surface area contributed by atoms with Crippen molar-refractivity contribution < 1.29 is 14.1 Å². The highest BCUT2D eigenvalue weighted by atomic mass is 16.5. The van der Waals surface area contributed by atoms with Crippen LogP contribution in [-0.2, 0) is 10.2 Å². The zero-order valence-electron chi connectivity index (χ0n) is 12.4. The summed E-state index contributed by atoms with van der Waals surface area (Å²) in [5.74, 6) is 0.601. The molecule has 1 aliphatic heterocycles. The Balaban J connectivity index is 2.64. The Bertz CT molecular complexity index is 586. The van der Waals surface area contributed by atoms with Crippen LogP contribution in [0.1, 0.15) is 33.3 Å². The van der Waals surface area contributed by atoms with Crippen LogP contribution >= 0.6 is 0 Å². The predicted molar refractivity (Wildman–Crippen MR) is 76.8 cm³/mol. The molecule has 1 N–H and O–H groups in total. The maximum absolute atomic E-state index is 11.3. The van der Waals surface area contributed by atoms with E-state index in [0.717, 1.165) is 5.69 Å². The van der Waals surface area contributed by atoms with Crippen LogP contribution in [0.4, 0.5) is 11.4 Å². The molecule has 0 spiro atoms. The van der Waals surface area contributed by atoms with E-state index in [0.29, 0.717) is 11.4 Å². The van der Waals surface area contributed by atoms with Crippen molar-refractivity contribution in [3.05, 3.63) is 17.7 Å². The summed E-state index contributed by atoms with van der Waals surface area (Å²) < 4.78 is 7.56. The Morgan fingerprint density at radius 2 is 2.00 bits per heavy atom. The minimum Gasteiger partial charge on any atom is -0.495 e. The number of rotatable bonds is 2. The summed E-state index contributed by atoms with van der Waals surface area (Å²) in [5.41, 5.74) is 4.31. The number of hydrogen-bond acceptors (Lipinski definition) is 2. The highest BCUT2D eigenvalue weighted by Crippen LogP contribution is 2.43. The molecular weight excluding hydrogens is 240 g/mol. The standard InChI is InChI=1S/C15H20N2O2/c1-9-15(3,4)11-7-14(19-6)12(16-10(2)18)8-13(11)17(9)5/h7-8H,1-6H3/p+1. The van der Waals surface area contributed by atoms with E-state index in [1.165, 1.54) is 18.2 Å². The van der Waals surface area contributed by atoms with Crippen molar-refractivity contribution in [2.45, 2.75) is 33.1 Å². The topological polar surface area (TPSA) is 41.3 Å². The van der Waals surface area contributed by atoms with Gasteiger partial charge in [0.2, 0.25) is 11.6 Å². The predicted octanol–water partition coefficient (Wildman–Crippen LogP) is 2.68. The summed E-state index contributed by atoms with van der Waals surface area (Å²) in [7, 11) is 3.67. The van der Waals surface area contributed by atoms with E-state index >= 15 is 0 Å². The van der Waals surface area contributed by atoms with Gasteiger partial charge in [-0.05, 0) is 19.9 Å². The summed E-state index contributed by atoms with van der Waals surface area (Å²) in [5, 5.41) is 2.82. The number of ether oxygens (including phenoxy) is 1. The molecule has 4 heteroatoms. The second-order valence-electron chi connectivity index (χ2n) is 5.52. The molecule has 1 amide bonds. The van der Waals surface area contributed by atoms with Crippen molar-refractivity contribution in [3.63, 3.8) is 0 Å². The first-order valence-electron chi connectivity index (χ1n) is 6.37. The van der Waals surface area contributed by atoms with Gasteiger partial charge < -0.3 is 10.1 Å². The van der Waals surface area contributed by atoms with Crippen LogP contribution < -0.4 is 10.1 Å². The third kappa shape index (κ3) is 2.01. The van der Waals surface area contributed by atoms with Crippen LogP contribution in [0.25, 0.3) is 0 Å². The molecule has 0 unspecified atom stereocenters. The molecule has 4 nitrogen and oxygen atoms in total. The van der Waals surface area contributed by atoms with Gasteiger partial charge in [-0.25, -0.2) is 4.58 Å². The second-order valence-corrected chi connectivity index (χ2v) is 5.52. The molecule has 0 atom stereocenters. The molecular formula is C15H21N2O2+. The van der Waals surface area contributed by atoms with Gasteiger partial charge in [-0.2, -0.15) is 0 Å². The van der Waals surface area contributed by atoms with Crippen LogP contribution in [0.15, 0.2) is 12.1 Å². The summed E-state index contributed by atoms with van der Waals surface area (Å²) in [6.45, 7) is 8.02. The number of fused-ring (bicyclic) bond motifs is 1. The van der Waals surface area contributed by atoms with E-state index in [4.69, 9.17) is 4.74 Å². The fraction of sp³-hybridized carbons (Fsp3) is 0.467. The molecule has 0 radical (unpaired) electrons. The zero-order chi connectivity index (χ0) is 14.4. The Morgan fingerprint density at radius 3 is 2.53 bits per heavy atom. The maximum Gasteiger partial charge on any atom is 0.221 e. The lowest BCUT2D eigenvalue weighted by Gasteiger charge is -2.17. The summed E-state index contributed by atoms with van der Waals surface area (Å²) in [6, 6.07) is 4.00. The number of anilines is 1. The quantitative estimate of drug-likeness (QED) is 0.832. The highest BCUT2D eigenvalue weighted by molar-refractivity contribution is 5.96. The summed E-state index contributed by atoms with van der Waals surface area (Å²) in [4.78, 5) is 11.3. The largest absolute Gasteiger partial charge is 0.495 e. The molecule has 2 rings (SSSR count). The first-order valence-corrected chi connectivity index (χ1v) is 6.37. The second kappa shape index (κ2) is 4.37. The lowest BCUT2D eigenvalue weighted by atomic mass is 9.82. The number of nitrogens with zero attached hydrogens (tertiary/aromatic N) is 1. The highest BCUT2D eigenvalue weighted by Gasteiger charge is 2.42. The number of carbonyl (C=O) groups excluding carboxylic acids is 1. The number of benzene rings is 1. The van der Waals surface area contributed by atoms with Crippen LogP contribution in [0, 0.1) is 0 Å². The van der Waals surface area contributed by atoms with E-state index < -0.39 is 0 Å². The van der Waals surface area contributed by atoms with Crippen molar-refractivity contribution in [1.29, 1.82) is 0 Å². The minimum atomic E-state index is -0.0983. The van der Waals surface area contributed by atoms with Gasteiger partial charge in [-0.3, -0.25) is 4.79 Å². The first kappa shape index (κ1) is 13.6. The van der Waals surface area contributed by atoms with Crippen molar-refractivity contribution in [2.24, 2.45) is 0 Å². The number of carbonyl (C=O) groups is 1. The van der Waals surface area contributed by atoms with Gasteiger partial charge in [0.25, 0.3) is 0 Å². The van der Waals surface area contributed by atoms with Crippen LogP contribution in [0.3, 0.4) is 0 Å². The lowest BCUT2D eigenvalue weighted by Crippen LogP contribution is -2.25. The molecule has 0 aromatic heterocycles. The van der Waals surface area contributed by atoms with E-state index in [9.17, 15) is 4.79 Å². The van der Waals surface area contributed by atoms with E-state index in [1.54, 1.807) is 7.11 Å². The normalized spacial score (nSPS) is 16.3. The zero-order valence-corrected chi connectivity index (χ0v) is 12.4. The first-order chi connectivity index (χ1) is 8.78. The molecule has 0 fully saturated rings. The average molecular weight is 261 g/mol. The number of nitrogens with one attached hydrogen (secondary N) is 1. The molecule has 0 aliphatic carbocycles. The smallest absolute Gasteiger partial charge is 0.221 e. The minimum absolute atomic E-state index is 0.0217. The van der Waals surface area contributed by atoms with Gasteiger partial charge in [-0.15, -0.1) is 0 Å². The molecule has 1 heterocycles. The van der Waals surface area contributed by atoms with Gasteiger partial charge >= 0.3 is 0 Å². The van der Waals surface area contributed by atoms with Crippen LogP contribution in [0.5, 0.6) is 5.75 Å². The third-order valence-electron chi connectivity index (χ3n) is 4.07. The summed E-state index contributed by atoms with van der Waals surface area (Å²) >= 11 is 0. The molecule has 0 saturated carbocycles. The van der Waals surface area contributed by atoms with Gasteiger partial charge in [0.05, 0.1) is 18.2 Å². The fourth-order valence-electron chi connectivity index (χ4n) is 2.60. The average Bonchev–Trinajstić information content (AvgIpc) is 2.50. The maximum atomic E-state index is 11.3.